The Kier molecular flexibility index (Phi) is 4.42. The van der Waals surface area contributed by atoms with Gasteiger partial charge in [-0.05, 0) is 50.0 Å². The van der Waals surface area contributed by atoms with Gasteiger partial charge in [-0.1, -0.05) is 24.3 Å². The lowest BCUT2D eigenvalue weighted by molar-refractivity contribution is -0.113. The van der Waals surface area contributed by atoms with Gasteiger partial charge in [0.1, 0.15) is 18.1 Å². The summed E-state index contributed by atoms with van der Waals surface area (Å²) in [6.45, 7) is 0.279. The van der Waals surface area contributed by atoms with Gasteiger partial charge in [-0.2, -0.15) is 0 Å². The molecule has 4 heteroatoms. The second-order valence-electron chi connectivity index (χ2n) is 6.50. The predicted octanol–water partition coefficient (Wildman–Crippen LogP) is 4.42. The molecule has 0 saturated heterocycles. The summed E-state index contributed by atoms with van der Waals surface area (Å²) >= 11 is 0. The van der Waals surface area contributed by atoms with E-state index in [2.05, 4.69) is 5.32 Å². The smallest absolute Gasteiger partial charge is 0.255 e. The number of nitrogens with one attached hydrogen (secondary N) is 1. The van der Waals surface area contributed by atoms with E-state index in [0.29, 0.717) is 11.7 Å². The number of rotatable bonds is 4. The van der Waals surface area contributed by atoms with Crippen LogP contribution in [0.5, 0.6) is 11.5 Å². The fraction of sp³-hybridized carbons (Fsp3) is 0.286. The zero-order valence-corrected chi connectivity index (χ0v) is 14.0. The summed E-state index contributed by atoms with van der Waals surface area (Å²) in [6.07, 6.45) is 6.87. The van der Waals surface area contributed by atoms with Crippen LogP contribution in [0, 0.1) is 0 Å². The molecule has 1 amide bonds. The SMILES string of the molecule is O=C(Nc1cccc(OC2CCCC2)c1)C1=Cc2ccccc2OC1. The van der Waals surface area contributed by atoms with Gasteiger partial charge in [-0.25, -0.2) is 0 Å². The molecule has 25 heavy (non-hydrogen) atoms. The summed E-state index contributed by atoms with van der Waals surface area (Å²) in [7, 11) is 0. The first-order valence-corrected chi connectivity index (χ1v) is 8.78. The van der Waals surface area contributed by atoms with Crippen LogP contribution >= 0.6 is 0 Å². The largest absolute Gasteiger partial charge is 0.490 e. The van der Waals surface area contributed by atoms with Gasteiger partial charge in [0.05, 0.1) is 11.7 Å². The van der Waals surface area contributed by atoms with Gasteiger partial charge in [0.15, 0.2) is 0 Å². The average Bonchev–Trinajstić information content (AvgIpc) is 3.14. The number of ether oxygens (including phenoxy) is 2. The lowest BCUT2D eigenvalue weighted by Crippen LogP contribution is -2.21. The molecule has 0 spiro atoms. The van der Waals surface area contributed by atoms with Gasteiger partial charge >= 0.3 is 0 Å². The third-order valence-electron chi connectivity index (χ3n) is 4.62. The minimum Gasteiger partial charge on any atom is -0.490 e. The monoisotopic (exact) mass is 335 g/mol. The Morgan fingerprint density at radius 1 is 1.08 bits per heavy atom. The van der Waals surface area contributed by atoms with E-state index in [-0.39, 0.29) is 12.5 Å². The number of hydrogen-bond donors (Lipinski definition) is 1. The highest BCUT2D eigenvalue weighted by molar-refractivity contribution is 6.07. The lowest BCUT2D eigenvalue weighted by atomic mass is 10.1. The van der Waals surface area contributed by atoms with E-state index >= 15 is 0 Å². The average molecular weight is 335 g/mol. The Bertz CT molecular complexity index is 806. The van der Waals surface area contributed by atoms with Gasteiger partial charge in [-0.3, -0.25) is 4.79 Å². The molecule has 0 radical (unpaired) electrons. The van der Waals surface area contributed by atoms with Crippen LogP contribution in [-0.4, -0.2) is 18.6 Å². The fourth-order valence-electron chi connectivity index (χ4n) is 3.30. The van der Waals surface area contributed by atoms with Gasteiger partial charge in [0.25, 0.3) is 5.91 Å². The molecule has 4 rings (SSSR count). The van der Waals surface area contributed by atoms with Crippen LogP contribution in [-0.2, 0) is 4.79 Å². The number of fused-ring (bicyclic) bond motifs is 1. The van der Waals surface area contributed by atoms with Crippen molar-refractivity contribution in [1.29, 1.82) is 0 Å². The molecular weight excluding hydrogens is 314 g/mol. The maximum Gasteiger partial charge on any atom is 0.255 e. The molecule has 0 atom stereocenters. The predicted molar refractivity (Wildman–Crippen MR) is 97.9 cm³/mol. The molecule has 1 saturated carbocycles. The van der Waals surface area contributed by atoms with E-state index in [1.165, 1.54) is 12.8 Å². The van der Waals surface area contributed by atoms with E-state index in [0.717, 1.165) is 35.6 Å². The second kappa shape index (κ2) is 7.01. The van der Waals surface area contributed by atoms with E-state index in [1.807, 2.05) is 54.6 Å². The van der Waals surface area contributed by atoms with Gasteiger partial charge in [-0.15, -0.1) is 0 Å². The van der Waals surface area contributed by atoms with Gasteiger partial charge in [0.2, 0.25) is 0 Å². The first kappa shape index (κ1) is 15.8. The highest BCUT2D eigenvalue weighted by atomic mass is 16.5. The van der Waals surface area contributed by atoms with Crippen molar-refractivity contribution in [1.82, 2.24) is 0 Å². The van der Waals surface area contributed by atoms with Crippen LogP contribution in [0.15, 0.2) is 54.1 Å². The molecule has 1 heterocycles. The van der Waals surface area contributed by atoms with Gasteiger partial charge < -0.3 is 14.8 Å². The number of carbonyl (C=O) groups is 1. The molecular formula is C21H21NO3. The van der Waals surface area contributed by atoms with Crippen LogP contribution in [0.1, 0.15) is 31.2 Å². The normalized spacial score (nSPS) is 16.6. The molecule has 1 aliphatic heterocycles. The van der Waals surface area contributed by atoms with Crippen molar-refractivity contribution in [2.24, 2.45) is 0 Å². The number of carbonyl (C=O) groups excluding carboxylic acids is 1. The van der Waals surface area contributed by atoms with Crippen LogP contribution in [0.25, 0.3) is 6.08 Å². The minimum atomic E-state index is -0.146. The summed E-state index contributed by atoms with van der Waals surface area (Å²) in [4.78, 5) is 12.5. The standard InChI is InChI=1S/C21H21NO3/c23-21(16-12-15-6-1-4-11-20(15)24-14-16)22-17-7-5-10-19(13-17)25-18-8-2-3-9-18/h1,4-7,10-13,18H,2-3,8-9,14H2,(H,22,23). The second-order valence-corrected chi connectivity index (χ2v) is 6.50. The Labute approximate surface area is 147 Å². The molecule has 0 bridgehead atoms. The number of amides is 1. The van der Waals surface area contributed by atoms with Crippen molar-refractivity contribution >= 4 is 17.7 Å². The van der Waals surface area contributed by atoms with E-state index < -0.39 is 0 Å². The highest BCUT2D eigenvalue weighted by Gasteiger charge is 2.18. The Hall–Kier alpha value is -2.75. The summed E-state index contributed by atoms with van der Waals surface area (Å²) in [5.41, 5.74) is 2.28. The maximum atomic E-state index is 12.5. The van der Waals surface area contributed by atoms with E-state index in [1.54, 1.807) is 0 Å². The molecule has 1 N–H and O–H groups in total. The molecule has 2 aromatic carbocycles. The van der Waals surface area contributed by atoms with Crippen molar-refractivity contribution in [3.05, 3.63) is 59.7 Å². The van der Waals surface area contributed by atoms with Gasteiger partial charge in [0, 0.05) is 17.3 Å². The maximum absolute atomic E-state index is 12.5. The van der Waals surface area contributed by atoms with Crippen molar-refractivity contribution in [2.45, 2.75) is 31.8 Å². The Morgan fingerprint density at radius 2 is 1.92 bits per heavy atom. The van der Waals surface area contributed by atoms with E-state index in [4.69, 9.17) is 9.47 Å². The Morgan fingerprint density at radius 3 is 2.80 bits per heavy atom. The fourth-order valence-corrected chi connectivity index (χ4v) is 3.30. The minimum absolute atomic E-state index is 0.146. The zero-order valence-electron chi connectivity index (χ0n) is 14.0. The number of benzene rings is 2. The van der Waals surface area contributed by atoms with Crippen LogP contribution in [0.2, 0.25) is 0 Å². The third kappa shape index (κ3) is 3.68. The van der Waals surface area contributed by atoms with Crippen molar-refractivity contribution in [3.63, 3.8) is 0 Å². The summed E-state index contributed by atoms with van der Waals surface area (Å²) in [5.74, 6) is 1.47. The van der Waals surface area contributed by atoms with Crippen molar-refractivity contribution in [2.75, 3.05) is 11.9 Å². The first-order chi connectivity index (χ1) is 12.3. The van der Waals surface area contributed by atoms with Crippen LogP contribution in [0.3, 0.4) is 0 Å². The molecule has 2 aliphatic rings. The summed E-state index contributed by atoms with van der Waals surface area (Å²) in [5, 5.41) is 2.94. The van der Waals surface area contributed by atoms with Crippen molar-refractivity contribution in [3.8, 4) is 11.5 Å². The summed E-state index contributed by atoms with van der Waals surface area (Å²) in [6, 6.07) is 15.3. The zero-order chi connectivity index (χ0) is 17.1. The van der Waals surface area contributed by atoms with E-state index in [9.17, 15) is 4.79 Å². The highest BCUT2D eigenvalue weighted by Crippen LogP contribution is 2.28. The topological polar surface area (TPSA) is 47.6 Å². The number of anilines is 1. The van der Waals surface area contributed by atoms with Crippen LogP contribution < -0.4 is 14.8 Å². The molecule has 1 fully saturated rings. The number of para-hydroxylation sites is 1. The molecule has 128 valence electrons. The Balaban J connectivity index is 1.45. The molecule has 2 aromatic rings. The molecule has 4 nitrogen and oxygen atoms in total. The summed E-state index contributed by atoms with van der Waals surface area (Å²) < 4.78 is 11.7. The lowest BCUT2D eigenvalue weighted by Gasteiger charge is -2.18. The molecule has 0 unspecified atom stereocenters. The van der Waals surface area contributed by atoms with Crippen LogP contribution in [0.4, 0.5) is 5.69 Å². The van der Waals surface area contributed by atoms with Crippen molar-refractivity contribution < 1.29 is 14.3 Å². The first-order valence-electron chi connectivity index (χ1n) is 8.78. The molecule has 0 aromatic heterocycles. The third-order valence-corrected chi connectivity index (χ3v) is 4.62. The molecule has 1 aliphatic carbocycles. The number of hydrogen-bond acceptors (Lipinski definition) is 3. The quantitative estimate of drug-likeness (QED) is 0.899.